The van der Waals surface area contributed by atoms with Gasteiger partial charge in [-0.15, -0.1) is 0 Å². The van der Waals surface area contributed by atoms with Gasteiger partial charge in [0.2, 0.25) is 17.8 Å². The molecule has 0 bridgehead atoms. The van der Waals surface area contributed by atoms with E-state index in [1.54, 1.807) is 0 Å². The molecule has 21 nitrogen and oxygen atoms in total. The average molecular weight is 785 g/mol. The number of Topliss-reactive ketones (excluding diaryl/α,β-unsaturated/α-hetero) is 1. The molecule has 0 amide bonds. The van der Waals surface area contributed by atoms with Crippen LogP contribution in [0.1, 0.15) is 39.0 Å². The zero-order valence-electron chi connectivity index (χ0n) is 29.2. The van der Waals surface area contributed by atoms with E-state index in [4.69, 9.17) is 33.2 Å². The van der Waals surface area contributed by atoms with Gasteiger partial charge in [-0.2, -0.15) is 0 Å². The molecular formula is C33H52O21. The predicted molar refractivity (Wildman–Crippen MR) is 170 cm³/mol. The topological polar surface area (TPSA) is 345 Å². The van der Waals surface area contributed by atoms with Crippen LogP contribution in [0.3, 0.4) is 0 Å². The highest BCUT2D eigenvalue weighted by molar-refractivity contribution is 5.97. The van der Waals surface area contributed by atoms with Gasteiger partial charge < -0.3 is 99.5 Å². The van der Waals surface area contributed by atoms with Crippen molar-refractivity contribution in [3.05, 3.63) is 11.5 Å². The Bertz CT molecular complexity index is 1320. The van der Waals surface area contributed by atoms with Crippen molar-refractivity contribution in [1.29, 1.82) is 0 Å². The summed E-state index contributed by atoms with van der Waals surface area (Å²) in [4.78, 5) is 14.1. The second kappa shape index (κ2) is 17.0. The minimum absolute atomic E-state index is 0.0147. The monoisotopic (exact) mass is 784 g/mol. The molecule has 4 heterocycles. The van der Waals surface area contributed by atoms with E-state index in [2.05, 4.69) is 0 Å². The number of aliphatic hydroxyl groups excluding tert-OH is 13. The average Bonchev–Trinajstić information content (AvgIpc) is 3.13. The fourth-order valence-corrected chi connectivity index (χ4v) is 8.00. The number of carbonyl (C=O) groups excluding carboxylic acids is 1. The van der Waals surface area contributed by atoms with Crippen molar-refractivity contribution >= 4 is 5.78 Å². The summed E-state index contributed by atoms with van der Waals surface area (Å²) < 4.78 is 40.5. The van der Waals surface area contributed by atoms with Crippen LogP contribution in [0.5, 0.6) is 0 Å². The van der Waals surface area contributed by atoms with Crippen molar-refractivity contribution in [2.45, 2.75) is 162 Å². The molecule has 21 heteroatoms. The van der Waals surface area contributed by atoms with Gasteiger partial charge in [0.15, 0.2) is 12.6 Å². The van der Waals surface area contributed by atoms with Crippen molar-refractivity contribution in [3.63, 3.8) is 0 Å². The molecule has 2 saturated carbocycles. The molecule has 54 heavy (non-hydrogen) atoms. The molecule has 6 aliphatic rings. The molecule has 5 fully saturated rings. The highest BCUT2D eigenvalue weighted by Gasteiger charge is 2.55. The second-order valence-electron chi connectivity index (χ2n) is 15.0. The first-order valence-corrected chi connectivity index (χ1v) is 18.1. The predicted octanol–water partition coefficient (Wildman–Crippen LogP) is -6.69. The lowest BCUT2D eigenvalue weighted by Gasteiger charge is -2.47. The second-order valence-corrected chi connectivity index (χ2v) is 15.0. The molecule has 2 aliphatic carbocycles. The summed E-state index contributed by atoms with van der Waals surface area (Å²) in [5.74, 6) is -3.31. The molecule has 0 aromatic heterocycles. The number of allylic oxidation sites excluding steroid dienone is 2. The van der Waals surface area contributed by atoms with Crippen LogP contribution in [0.4, 0.5) is 0 Å². The van der Waals surface area contributed by atoms with Gasteiger partial charge in [-0.3, -0.25) is 4.79 Å². The number of ketones is 1. The molecule has 310 valence electrons. The number of fused-ring (bicyclic) bond motifs is 1. The van der Waals surface area contributed by atoms with E-state index in [1.165, 1.54) is 6.92 Å². The third-order valence-corrected chi connectivity index (χ3v) is 11.3. The number of ether oxygens (including phenoxy) is 7. The quantitative estimate of drug-likeness (QED) is 0.103. The van der Waals surface area contributed by atoms with Crippen LogP contribution < -0.4 is 0 Å². The van der Waals surface area contributed by atoms with Crippen LogP contribution >= 0.6 is 0 Å². The smallest absolute Gasteiger partial charge is 0.229 e. The van der Waals surface area contributed by atoms with E-state index in [1.807, 2.05) is 0 Å². The summed E-state index contributed by atoms with van der Waals surface area (Å²) in [6, 6.07) is 0. The molecule has 6 rings (SSSR count). The van der Waals surface area contributed by atoms with Crippen molar-refractivity contribution < 1.29 is 104 Å². The van der Waals surface area contributed by atoms with Crippen molar-refractivity contribution in [1.82, 2.24) is 0 Å². The van der Waals surface area contributed by atoms with Gasteiger partial charge in [0, 0.05) is 18.8 Å². The number of hydrogen-bond donors (Lipinski definition) is 13. The van der Waals surface area contributed by atoms with Crippen molar-refractivity contribution in [2.24, 2.45) is 11.8 Å². The first-order valence-electron chi connectivity index (χ1n) is 18.1. The highest BCUT2D eigenvalue weighted by atomic mass is 16.8. The number of rotatable bonds is 9. The first-order chi connectivity index (χ1) is 25.5. The Hall–Kier alpha value is -1.71. The summed E-state index contributed by atoms with van der Waals surface area (Å²) in [6.07, 6.45) is -31.3. The molecule has 3 saturated heterocycles. The van der Waals surface area contributed by atoms with Gasteiger partial charge in [-0.25, -0.2) is 0 Å². The van der Waals surface area contributed by atoms with Crippen LogP contribution in [0, 0.1) is 11.8 Å². The Labute approximate surface area is 308 Å². The zero-order chi connectivity index (χ0) is 39.3. The fourth-order valence-electron chi connectivity index (χ4n) is 8.00. The van der Waals surface area contributed by atoms with E-state index >= 15 is 0 Å². The maximum Gasteiger partial charge on any atom is 0.229 e. The van der Waals surface area contributed by atoms with Crippen LogP contribution in [0.25, 0.3) is 0 Å². The molecule has 16 unspecified atom stereocenters. The third-order valence-electron chi connectivity index (χ3n) is 11.3. The van der Waals surface area contributed by atoms with Crippen molar-refractivity contribution in [3.8, 4) is 0 Å². The standard InChI is InChI=1S/C33H52O21/c1-9-19(39)22(42)25(45)31(49-9)48-8-17-29(53-32-26(46)23(43)20(40)16(7-34)51-32)24(44)27(47)33(52-17)54-30-21(41)18-14(38)5-11(35)6-15(18)50-28(30)10-2-3-12(36)13(37)4-10/h9-20,22-27,29,31-40,42-47H,2-8H2,1H3/t9?,10?,11?,12?,13?,14?,15?,16?,17?,18?,19-,20+,22?,23?,24?,25?,26?,27?,29+,31+,32+,33-/m0/s1. The highest BCUT2D eigenvalue weighted by Crippen LogP contribution is 2.43. The van der Waals surface area contributed by atoms with E-state index in [0.29, 0.717) is 0 Å². The summed E-state index contributed by atoms with van der Waals surface area (Å²) in [7, 11) is 0. The van der Waals surface area contributed by atoms with Gasteiger partial charge in [0.25, 0.3) is 0 Å². The van der Waals surface area contributed by atoms with Crippen LogP contribution in [-0.4, -0.2) is 208 Å². The molecular weight excluding hydrogens is 732 g/mol. The zero-order valence-corrected chi connectivity index (χ0v) is 29.2. The first kappa shape index (κ1) is 41.9. The summed E-state index contributed by atoms with van der Waals surface area (Å²) in [6.45, 7) is -0.117. The maximum absolute atomic E-state index is 14.1. The number of hydrogen-bond acceptors (Lipinski definition) is 21. The summed E-state index contributed by atoms with van der Waals surface area (Å²) in [5, 5.41) is 136. The third kappa shape index (κ3) is 8.17. The van der Waals surface area contributed by atoms with Gasteiger partial charge in [0.1, 0.15) is 79.0 Å². The summed E-state index contributed by atoms with van der Waals surface area (Å²) in [5.41, 5.74) is 0. The Morgan fingerprint density at radius 3 is 1.98 bits per heavy atom. The minimum atomic E-state index is -2.07. The minimum Gasteiger partial charge on any atom is -0.489 e. The van der Waals surface area contributed by atoms with E-state index in [0.717, 1.165) is 0 Å². The maximum atomic E-state index is 14.1. The van der Waals surface area contributed by atoms with Crippen LogP contribution in [0.15, 0.2) is 11.5 Å². The molecule has 4 aliphatic heterocycles. The van der Waals surface area contributed by atoms with Gasteiger partial charge in [0.05, 0.1) is 49.7 Å². The van der Waals surface area contributed by atoms with Gasteiger partial charge >= 0.3 is 0 Å². The molecule has 22 atom stereocenters. The molecule has 0 aromatic rings. The van der Waals surface area contributed by atoms with Gasteiger partial charge in [-0.1, -0.05) is 0 Å². The lowest BCUT2D eigenvalue weighted by atomic mass is 9.75. The Kier molecular flexibility index (Phi) is 13.2. The Balaban J connectivity index is 1.30. The Morgan fingerprint density at radius 2 is 1.30 bits per heavy atom. The van der Waals surface area contributed by atoms with E-state index < -0.39 is 159 Å². The van der Waals surface area contributed by atoms with E-state index in [-0.39, 0.29) is 37.9 Å². The fraction of sp³-hybridized carbons (Fsp3) is 0.909. The number of aliphatic hydroxyl groups is 13. The normalized spacial score (nSPS) is 51.7. The van der Waals surface area contributed by atoms with E-state index in [9.17, 15) is 71.2 Å². The largest absolute Gasteiger partial charge is 0.489 e. The van der Waals surface area contributed by atoms with Gasteiger partial charge in [-0.05, 0) is 26.2 Å². The van der Waals surface area contributed by atoms with Crippen LogP contribution in [-0.2, 0) is 38.0 Å². The van der Waals surface area contributed by atoms with Crippen molar-refractivity contribution in [2.75, 3.05) is 13.2 Å². The lowest BCUT2D eigenvalue weighted by Crippen LogP contribution is -2.65. The molecule has 0 spiro atoms. The van der Waals surface area contributed by atoms with Crippen LogP contribution in [0.2, 0.25) is 0 Å². The number of carbonyl (C=O) groups is 1. The Morgan fingerprint density at radius 1 is 0.648 bits per heavy atom. The SMILES string of the molecule is CC1O[C@@H](OCC2O[C@@H](OC3=C(C4CCC(O)C(O)C4)OC4CC(O)CC(O)C4C3=O)C(O)C(O)[C@@H]2O[C@H]2OC(CO)[C@@H](O)C(O)C2O)C(O)C(O)[C@H]1O. The molecule has 13 N–H and O–H groups in total. The molecule has 0 aromatic carbocycles. The molecule has 0 radical (unpaired) electrons. The summed E-state index contributed by atoms with van der Waals surface area (Å²) >= 11 is 0. The lowest BCUT2D eigenvalue weighted by molar-refractivity contribution is -0.363.